The fourth-order valence-corrected chi connectivity index (χ4v) is 2.88. The Kier molecular flexibility index (Phi) is 4.12. The molecule has 2 heterocycles. The maximum atomic E-state index is 5.97. The molecule has 1 aromatic carbocycles. The van der Waals surface area contributed by atoms with Crippen LogP contribution in [0, 0.1) is 0 Å². The molecule has 112 valence electrons. The Morgan fingerprint density at radius 3 is 3.05 bits per heavy atom. The van der Waals surface area contributed by atoms with E-state index in [2.05, 4.69) is 22.4 Å². The molecule has 0 amide bonds. The van der Waals surface area contributed by atoms with Gasteiger partial charge < -0.3 is 14.6 Å². The van der Waals surface area contributed by atoms with E-state index in [1.807, 2.05) is 6.07 Å². The molecule has 3 rings (SSSR count). The standard InChI is InChI=1S/C15H18ClN3O2/c1-9-7-10(5-6-17-9)15-18-14(19-21-15)12-4-3-11(16)8-13(12)20-2/h3-4,8-10,17H,5-7H2,1-2H3. The fraction of sp³-hybridized carbons (Fsp3) is 0.467. The van der Waals surface area contributed by atoms with Gasteiger partial charge in [-0.25, -0.2) is 0 Å². The van der Waals surface area contributed by atoms with Gasteiger partial charge in [0, 0.05) is 17.0 Å². The SMILES string of the molecule is COc1cc(Cl)ccc1-c1noc(C2CCNC(C)C2)n1. The molecule has 5 nitrogen and oxygen atoms in total. The number of ether oxygens (including phenoxy) is 1. The summed E-state index contributed by atoms with van der Waals surface area (Å²) in [6, 6.07) is 5.87. The Morgan fingerprint density at radius 2 is 2.29 bits per heavy atom. The highest BCUT2D eigenvalue weighted by Gasteiger charge is 2.25. The number of nitrogens with zero attached hydrogens (tertiary/aromatic N) is 2. The third-order valence-corrected chi connectivity index (χ3v) is 4.05. The van der Waals surface area contributed by atoms with Crippen LogP contribution in [0.15, 0.2) is 22.7 Å². The summed E-state index contributed by atoms with van der Waals surface area (Å²) in [5.74, 6) is 2.22. The average molecular weight is 308 g/mol. The Balaban J connectivity index is 1.88. The van der Waals surface area contributed by atoms with Crippen LogP contribution < -0.4 is 10.1 Å². The molecule has 0 aliphatic carbocycles. The van der Waals surface area contributed by atoms with E-state index in [4.69, 9.17) is 20.9 Å². The Morgan fingerprint density at radius 1 is 1.43 bits per heavy atom. The smallest absolute Gasteiger partial charge is 0.230 e. The maximum Gasteiger partial charge on any atom is 0.230 e. The first-order chi connectivity index (χ1) is 10.2. The van der Waals surface area contributed by atoms with Crippen LogP contribution in [0.25, 0.3) is 11.4 Å². The molecular weight excluding hydrogens is 290 g/mol. The summed E-state index contributed by atoms with van der Waals surface area (Å²) in [4.78, 5) is 4.55. The van der Waals surface area contributed by atoms with Crippen molar-refractivity contribution in [1.29, 1.82) is 0 Å². The highest BCUT2D eigenvalue weighted by Crippen LogP contribution is 2.33. The summed E-state index contributed by atoms with van der Waals surface area (Å²) in [7, 11) is 1.60. The van der Waals surface area contributed by atoms with E-state index in [1.54, 1.807) is 19.2 Å². The third-order valence-electron chi connectivity index (χ3n) is 3.82. The van der Waals surface area contributed by atoms with Crippen molar-refractivity contribution < 1.29 is 9.26 Å². The van der Waals surface area contributed by atoms with Crippen molar-refractivity contribution >= 4 is 11.6 Å². The van der Waals surface area contributed by atoms with Gasteiger partial charge in [-0.15, -0.1) is 0 Å². The molecule has 0 spiro atoms. The van der Waals surface area contributed by atoms with E-state index < -0.39 is 0 Å². The maximum absolute atomic E-state index is 5.97. The van der Waals surface area contributed by atoms with E-state index in [0.29, 0.717) is 34.4 Å². The summed E-state index contributed by atoms with van der Waals surface area (Å²) < 4.78 is 10.8. The molecule has 2 atom stereocenters. The molecule has 0 saturated carbocycles. The topological polar surface area (TPSA) is 60.2 Å². The quantitative estimate of drug-likeness (QED) is 0.943. The summed E-state index contributed by atoms with van der Waals surface area (Å²) in [5.41, 5.74) is 0.791. The van der Waals surface area contributed by atoms with E-state index >= 15 is 0 Å². The lowest BCUT2D eigenvalue weighted by molar-refractivity contribution is 0.295. The Bertz CT molecular complexity index is 629. The molecule has 1 aromatic heterocycles. The number of hydrogen-bond donors (Lipinski definition) is 1. The molecule has 21 heavy (non-hydrogen) atoms. The van der Waals surface area contributed by atoms with Crippen molar-refractivity contribution in [1.82, 2.24) is 15.5 Å². The highest BCUT2D eigenvalue weighted by molar-refractivity contribution is 6.30. The van der Waals surface area contributed by atoms with Gasteiger partial charge in [-0.1, -0.05) is 16.8 Å². The average Bonchev–Trinajstić information content (AvgIpc) is 2.96. The Hall–Kier alpha value is -1.59. The normalized spacial score (nSPS) is 22.2. The van der Waals surface area contributed by atoms with Crippen LogP contribution in [0.2, 0.25) is 5.02 Å². The van der Waals surface area contributed by atoms with Crippen LogP contribution >= 0.6 is 11.6 Å². The number of aromatic nitrogens is 2. The molecule has 1 fully saturated rings. The fourth-order valence-electron chi connectivity index (χ4n) is 2.72. The predicted octanol–water partition coefficient (Wildman–Crippen LogP) is 3.25. The summed E-state index contributed by atoms with van der Waals surface area (Å²) in [5, 5.41) is 8.13. The molecule has 6 heteroatoms. The summed E-state index contributed by atoms with van der Waals surface area (Å²) in [6.45, 7) is 3.15. The van der Waals surface area contributed by atoms with Gasteiger partial charge in [-0.05, 0) is 44.5 Å². The highest BCUT2D eigenvalue weighted by atomic mass is 35.5. The molecule has 1 N–H and O–H groups in total. The van der Waals surface area contributed by atoms with Crippen LogP contribution in [0.5, 0.6) is 5.75 Å². The first-order valence-electron chi connectivity index (χ1n) is 7.08. The first-order valence-corrected chi connectivity index (χ1v) is 7.46. The van der Waals surface area contributed by atoms with E-state index in [-0.39, 0.29) is 0 Å². The number of halogens is 1. The largest absolute Gasteiger partial charge is 0.496 e. The van der Waals surface area contributed by atoms with Gasteiger partial charge in [0.25, 0.3) is 0 Å². The second-order valence-corrected chi connectivity index (χ2v) is 5.81. The number of hydrogen-bond acceptors (Lipinski definition) is 5. The van der Waals surface area contributed by atoms with E-state index in [0.717, 1.165) is 24.9 Å². The third kappa shape index (κ3) is 3.04. The monoisotopic (exact) mass is 307 g/mol. The molecule has 0 radical (unpaired) electrons. The predicted molar refractivity (Wildman–Crippen MR) is 80.7 cm³/mol. The van der Waals surface area contributed by atoms with Gasteiger partial charge in [0.15, 0.2) is 0 Å². The molecular formula is C15H18ClN3O2. The van der Waals surface area contributed by atoms with E-state index in [9.17, 15) is 0 Å². The second-order valence-electron chi connectivity index (χ2n) is 5.38. The van der Waals surface area contributed by atoms with Gasteiger partial charge in [0.05, 0.1) is 12.7 Å². The van der Waals surface area contributed by atoms with Crippen molar-refractivity contribution in [2.75, 3.05) is 13.7 Å². The summed E-state index contributed by atoms with van der Waals surface area (Å²) >= 11 is 5.97. The molecule has 0 bridgehead atoms. The lowest BCUT2D eigenvalue weighted by Gasteiger charge is -2.25. The van der Waals surface area contributed by atoms with Crippen molar-refractivity contribution in [2.45, 2.75) is 31.7 Å². The van der Waals surface area contributed by atoms with Crippen LogP contribution in [-0.2, 0) is 0 Å². The van der Waals surface area contributed by atoms with Crippen molar-refractivity contribution in [3.8, 4) is 17.1 Å². The zero-order chi connectivity index (χ0) is 14.8. The lowest BCUT2D eigenvalue weighted by Crippen LogP contribution is -2.34. The Labute approximate surface area is 128 Å². The number of methoxy groups -OCH3 is 1. The summed E-state index contributed by atoms with van der Waals surface area (Å²) in [6.07, 6.45) is 2.03. The van der Waals surface area contributed by atoms with Gasteiger partial charge in [0.1, 0.15) is 5.75 Å². The number of nitrogens with one attached hydrogen (secondary N) is 1. The lowest BCUT2D eigenvalue weighted by atomic mass is 9.93. The van der Waals surface area contributed by atoms with Gasteiger partial charge in [0.2, 0.25) is 11.7 Å². The van der Waals surface area contributed by atoms with Crippen molar-refractivity contribution in [3.05, 3.63) is 29.1 Å². The van der Waals surface area contributed by atoms with Crippen LogP contribution in [-0.4, -0.2) is 29.8 Å². The van der Waals surface area contributed by atoms with Crippen molar-refractivity contribution in [3.63, 3.8) is 0 Å². The molecule has 2 aromatic rings. The molecule has 1 saturated heterocycles. The minimum Gasteiger partial charge on any atom is -0.496 e. The first kappa shape index (κ1) is 14.4. The van der Waals surface area contributed by atoms with E-state index in [1.165, 1.54) is 0 Å². The molecule has 2 unspecified atom stereocenters. The number of rotatable bonds is 3. The molecule has 1 aliphatic heterocycles. The van der Waals surface area contributed by atoms with Crippen LogP contribution in [0.1, 0.15) is 31.6 Å². The van der Waals surface area contributed by atoms with Gasteiger partial charge in [-0.3, -0.25) is 0 Å². The zero-order valence-electron chi connectivity index (χ0n) is 12.1. The molecule has 1 aliphatic rings. The van der Waals surface area contributed by atoms with Crippen molar-refractivity contribution in [2.24, 2.45) is 0 Å². The van der Waals surface area contributed by atoms with Crippen LogP contribution in [0.3, 0.4) is 0 Å². The second kappa shape index (κ2) is 6.03. The minimum atomic E-state index is 0.320. The van der Waals surface area contributed by atoms with Gasteiger partial charge >= 0.3 is 0 Å². The minimum absolute atomic E-state index is 0.320. The van der Waals surface area contributed by atoms with Gasteiger partial charge in [-0.2, -0.15) is 4.98 Å². The van der Waals surface area contributed by atoms with Crippen LogP contribution in [0.4, 0.5) is 0 Å². The number of benzene rings is 1. The zero-order valence-corrected chi connectivity index (χ0v) is 12.9. The number of piperidine rings is 1.